The lowest BCUT2D eigenvalue weighted by molar-refractivity contribution is -0.144. The van der Waals surface area contributed by atoms with E-state index in [0.29, 0.717) is 0 Å². The summed E-state index contributed by atoms with van der Waals surface area (Å²) in [5.41, 5.74) is 2.25. The lowest BCUT2D eigenvalue weighted by atomic mass is 10.00. The number of carbonyl (C=O) groups is 2. The van der Waals surface area contributed by atoms with Gasteiger partial charge in [0.2, 0.25) is 5.91 Å². The fourth-order valence-corrected chi connectivity index (χ4v) is 2.36. The Balaban J connectivity index is 2.15. The van der Waals surface area contributed by atoms with E-state index >= 15 is 0 Å². The summed E-state index contributed by atoms with van der Waals surface area (Å²) in [6, 6.07) is 7.87. The molecule has 1 aromatic rings. The van der Waals surface area contributed by atoms with Gasteiger partial charge in [-0.3, -0.25) is 9.59 Å². The molecule has 1 atom stereocenters. The summed E-state index contributed by atoms with van der Waals surface area (Å²) >= 11 is 0. The normalized spacial score (nSPS) is 17.6. The van der Waals surface area contributed by atoms with Gasteiger partial charge in [0.25, 0.3) is 0 Å². The first-order chi connectivity index (χ1) is 8.09. The molecule has 0 aromatic heterocycles. The lowest BCUT2D eigenvalue weighted by Gasteiger charge is -2.19. The number of likely N-dealkylation sites (N-methyl/N-ethyl adjacent to an activating group) is 1. The number of amides is 1. The van der Waals surface area contributed by atoms with Crippen molar-refractivity contribution in [1.82, 2.24) is 4.90 Å². The van der Waals surface area contributed by atoms with Gasteiger partial charge in [-0.2, -0.15) is 0 Å². The van der Waals surface area contributed by atoms with Crippen molar-refractivity contribution in [1.29, 1.82) is 0 Å². The molecule has 0 saturated heterocycles. The molecule has 4 nitrogen and oxygen atoms in total. The van der Waals surface area contributed by atoms with Crippen LogP contribution in [0.5, 0.6) is 0 Å². The van der Waals surface area contributed by atoms with Gasteiger partial charge in [0.1, 0.15) is 6.54 Å². The molecular weight excluding hydrogens is 218 g/mol. The number of hydrogen-bond acceptors (Lipinski definition) is 2. The standard InChI is InChI=1S/C13H15NO3/c1-14(8-12(15)16)13(17)11-7-6-9-4-2-3-5-10(9)11/h2-5,11H,6-8H2,1H3,(H,15,16). The molecule has 0 spiro atoms. The van der Waals surface area contributed by atoms with Crippen molar-refractivity contribution in [2.45, 2.75) is 18.8 Å². The second kappa shape index (κ2) is 4.57. The van der Waals surface area contributed by atoms with Gasteiger partial charge in [-0.1, -0.05) is 24.3 Å². The first-order valence-corrected chi connectivity index (χ1v) is 5.64. The van der Waals surface area contributed by atoms with E-state index in [1.807, 2.05) is 24.3 Å². The number of rotatable bonds is 3. The zero-order valence-corrected chi connectivity index (χ0v) is 9.72. The maximum Gasteiger partial charge on any atom is 0.323 e. The highest BCUT2D eigenvalue weighted by atomic mass is 16.4. The summed E-state index contributed by atoms with van der Waals surface area (Å²) < 4.78 is 0. The second-order valence-corrected chi connectivity index (χ2v) is 4.38. The van der Waals surface area contributed by atoms with E-state index in [2.05, 4.69) is 0 Å². The van der Waals surface area contributed by atoms with Crippen LogP contribution < -0.4 is 0 Å². The first-order valence-electron chi connectivity index (χ1n) is 5.64. The summed E-state index contributed by atoms with van der Waals surface area (Å²) in [6.45, 7) is -0.239. The molecule has 2 rings (SSSR count). The molecule has 0 aliphatic heterocycles. The van der Waals surface area contributed by atoms with Crippen LogP contribution in [0.1, 0.15) is 23.5 Å². The molecule has 1 aromatic carbocycles. The van der Waals surface area contributed by atoms with Crippen molar-refractivity contribution in [2.75, 3.05) is 13.6 Å². The number of carboxylic acids is 1. The smallest absolute Gasteiger partial charge is 0.323 e. The molecule has 1 amide bonds. The number of nitrogens with zero attached hydrogens (tertiary/aromatic N) is 1. The molecule has 1 N–H and O–H groups in total. The zero-order valence-electron chi connectivity index (χ0n) is 9.72. The van der Waals surface area contributed by atoms with Crippen LogP contribution in [0.4, 0.5) is 0 Å². The molecule has 17 heavy (non-hydrogen) atoms. The van der Waals surface area contributed by atoms with Gasteiger partial charge in [0, 0.05) is 7.05 Å². The molecule has 0 fully saturated rings. The molecule has 4 heteroatoms. The molecule has 1 unspecified atom stereocenters. The lowest BCUT2D eigenvalue weighted by Crippen LogP contribution is -2.35. The molecule has 0 radical (unpaired) electrons. The molecule has 0 saturated carbocycles. The Morgan fingerprint density at radius 1 is 1.41 bits per heavy atom. The Bertz CT molecular complexity index is 456. The Morgan fingerprint density at radius 3 is 2.82 bits per heavy atom. The molecule has 1 aliphatic rings. The molecule has 1 aliphatic carbocycles. The van der Waals surface area contributed by atoms with Crippen molar-refractivity contribution < 1.29 is 14.7 Å². The van der Waals surface area contributed by atoms with E-state index in [9.17, 15) is 9.59 Å². The maximum atomic E-state index is 12.1. The van der Waals surface area contributed by atoms with Crippen LogP contribution in [0.25, 0.3) is 0 Å². The first kappa shape index (κ1) is 11.6. The summed E-state index contributed by atoms with van der Waals surface area (Å²) in [7, 11) is 1.54. The van der Waals surface area contributed by atoms with E-state index in [0.717, 1.165) is 18.4 Å². The second-order valence-electron chi connectivity index (χ2n) is 4.38. The van der Waals surface area contributed by atoms with Gasteiger partial charge >= 0.3 is 5.97 Å². The fraction of sp³-hybridized carbons (Fsp3) is 0.385. The predicted octanol–water partition coefficient (Wildman–Crippen LogP) is 1.26. The highest BCUT2D eigenvalue weighted by Gasteiger charge is 2.30. The van der Waals surface area contributed by atoms with E-state index in [4.69, 9.17) is 5.11 Å². The quantitative estimate of drug-likeness (QED) is 0.855. The zero-order chi connectivity index (χ0) is 12.4. The van der Waals surface area contributed by atoms with Crippen LogP contribution in [0.15, 0.2) is 24.3 Å². The van der Waals surface area contributed by atoms with Crippen LogP contribution in [-0.4, -0.2) is 35.5 Å². The summed E-state index contributed by atoms with van der Waals surface area (Å²) in [5, 5.41) is 8.68. The van der Waals surface area contributed by atoms with Gasteiger partial charge in [0.05, 0.1) is 5.92 Å². The van der Waals surface area contributed by atoms with E-state index in [1.54, 1.807) is 0 Å². The number of aliphatic carboxylic acids is 1. The van der Waals surface area contributed by atoms with E-state index in [1.165, 1.54) is 17.5 Å². The molecule has 0 heterocycles. The fourth-order valence-electron chi connectivity index (χ4n) is 2.36. The van der Waals surface area contributed by atoms with Crippen molar-refractivity contribution in [3.8, 4) is 0 Å². The van der Waals surface area contributed by atoms with Gasteiger partial charge in [0.15, 0.2) is 0 Å². The minimum atomic E-state index is -0.980. The van der Waals surface area contributed by atoms with Gasteiger partial charge in [-0.25, -0.2) is 0 Å². The molecule has 0 bridgehead atoms. The Morgan fingerprint density at radius 2 is 2.12 bits per heavy atom. The summed E-state index contributed by atoms with van der Waals surface area (Å²) in [6.07, 6.45) is 1.68. The van der Waals surface area contributed by atoms with Crippen LogP contribution in [0, 0.1) is 0 Å². The predicted molar refractivity (Wildman–Crippen MR) is 62.8 cm³/mol. The number of carboxylic acid groups (broad SMARTS) is 1. The summed E-state index contributed by atoms with van der Waals surface area (Å²) in [5.74, 6) is -1.25. The third kappa shape index (κ3) is 2.30. The molecule has 90 valence electrons. The van der Waals surface area contributed by atoms with Crippen molar-refractivity contribution in [3.63, 3.8) is 0 Å². The van der Waals surface area contributed by atoms with Crippen molar-refractivity contribution in [2.24, 2.45) is 0 Å². The van der Waals surface area contributed by atoms with Crippen LogP contribution in [0.2, 0.25) is 0 Å². The topological polar surface area (TPSA) is 57.6 Å². The van der Waals surface area contributed by atoms with E-state index in [-0.39, 0.29) is 18.4 Å². The average molecular weight is 233 g/mol. The maximum absolute atomic E-state index is 12.1. The Labute approximate surface area is 99.9 Å². The van der Waals surface area contributed by atoms with Crippen molar-refractivity contribution >= 4 is 11.9 Å². The summed E-state index contributed by atoms with van der Waals surface area (Å²) in [4.78, 5) is 24.0. The minimum absolute atomic E-state index is 0.0997. The number of aryl methyl sites for hydroxylation is 1. The highest BCUT2D eigenvalue weighted by Crippen LogP contribution is 2.33. The third-order valence-corrected chi connectivity index (χ3v) is 3.18. The molecular formula is C13H15NO3. The van der Waals surface area contributed by atoms with Gasteiger partial charge < -0.3 is 10.0 Å². The minimum Gasteiger partial charge on any atom is -0.480 e. The van der Waals surface area contributed by atoms with Crippen LogP contribution >= 0.6 is 0 Å². The Kier molecular flexibility index (Phi) is 3.13. The van der Waals surface area contributed by atoms with Gasteiger partial charge in [-0.15, -0.1) is 0 Å². The monoisotopic (exact) mass is 233 g/mol. The number of fused-ring (bicyclic) bond motifs is 1. The number of carbonyl (C=O) groups excluding carboxylic acids is 1. The highest BCUT2D eigenvalue weighted by molar-refractivity contribution is 5.87. The van der Waals surface area contributed by atoms with Gasteiger partial charge in [-0.05, 0) is 24.0 Å². The third-order valence-electron chi connectivity index (χ3n) is 3.18. The SMILES string of the molecule is CN(CC(=O)O)C(=O)C1CCc2ccccc21. The Hall–Kier alpha value is -1.84. The van der Waals surface area contributed by atoms with E-state index < -0.39 is 5.97 Å². The largest absolute Gasteiger partial charge is 0.480 e. The van der Waals surface area contributed by atoms with Crippen LogP contribution in [0.3, 0.4) is 0 Å². The van der Waals surface area contributed by atoms with Crippen molar-refractivity contribution in [3.05, 3.63) is 35.4 Å². The number of hydrogen-bond donors (Lipinski definition) is 1. The average Bonchev–Trinajstić information content (AvgIpc) is 2.70. The van der Waals surface area contributed by atoms with Crippen LogP contribution in [-0.2, 0) is 16.0 Å². The number of benzene rings is 1.